The molecule has 1 saturated carbocycles. The summed E-state index contributed by atoms with van der Waals surface area (Å²) in [6.45, 7) is 0. The van der Waals surface area contributed by atoms with Crippen molar-refractivity contribution in [1.82, 2.24) is 4.98 Å². The predicted octanol–water partition coefficient (Wildman–Crippen LogP) is 3.29. The van der Waals surface area contributed by atoms with Gasteiger partial charge in [0.1, 0.15) is 6.10 Å². The first kappa shape index (κ1) is 14.5. The molecular formula is C12H14F3NO2S. The Kier molecular flexibility index (Phi) is 4.25. The van der Waals surface area contributed by atoms with E-state index >= 15 is 0 Å². The fourth-order valence-corrected chi connectivity index (χ4v) is 3.09. The minimum atomic E-state index is -4.54. The molecule has 0 bridgehead atoms. The van der Waals surface area contributed by atoms with E-state index in [0.717, 1.165) is 38.3 Å². The smallest absolute Gasteiger partial charge is 0.385 e. The number of carbonyl (C=O) groups is 1. The Balaban J connectivity index is 2.08. The molecule has 0 radical (unpaired) electrons. The Hall–Kier alpha value is -0.950. The predicted molar refractivity (Wildman–Crippen MR) is 64.0 cm³/mol. The molecule has 1 N–H and O–H groups in total. The summed E-state index contributed by atoms with van der Waals surface area (Å²) in [6.07, 6.45) is -0.370. The average molecular weight is 293 g/mol. The molecule has 1 aliphatic carbocycles. The lowest BCUT2D eigenvalue weighted by Crippen LogP contribution is -2.30. The van der Waals surface area contributed by atoms with Gasteiger partial charge in [-0.2, -0.15) is 13.2 Å². The van der Waals surface area contributed by atoms with Gasteiger partial charge in [0.15, 0.2) is 5.01 Å². The van der Waals surface area contributed by atoms with Crippen molar-refractivity contribution in [3.8, 4) is 0 Å². The molecule has 1 fully saturated rings. The number of aliphatic hydroxyl groups excluding tert-OH is 1. The molecule has 2 rings (SSSR count). The molecule has 1 aromatic heterocycles. The van der Waals surface area contributed by atoms with Gasteiger partial charge in [0.2, 0.25) is 5.78 Å². The van der Waals surface area contributed by atoms with E-state index in [1.54, 1.807) is 0 Å². The van der Waals surface area contributed by atoms with Crippen LogP contribution in [-0.2, 0) is 6.18 Å². The first-order valence-electron chi connectivity index (χ1n) is 6.15. The van der Waals surface area contributed by atoms with Gasteiger partial charge in [0.05, 0.1) is 4.88 Å². The first-order valence-corrected chi connectivity index (χ1v) is 6.96. The Labute approximate surface area is 112 Å². The van der Waals surface area contributed by atoms with Crippen molar-refractivity contribution in [2.45, 2.75) is 44.4 Å². The number of aromatic nitrogens is 1. The van der Waals surface area contributed by atoms with Crippen LogP contribution in [0.4, 0.5) is 13.2 Å². The number of rotatable bonds is 3. The van der Waals surface area contributed by atoms with Gasteiger partial charge in [0.25, 0.3) is 0 Å². The lowest BCUT2D eigenvalue weighted by Gasteiger charge is -2.25. The lowest BCUT2D eigenvalue weighted by molar-refractivity contribution is -0.137. The highest BCUT2D eigenvalue weighted by molar-refractivity contribution is 7.13. The van der Waals surface area contributed by atoms with E-state index in [1.807, 2.05) is 0 Å². The van der Waals surface area contributed by atoms with Crippen LogP contribution in [0.25, 0.3) is 0 Å². The Morgan fingerprint density at radius 2 is 2.00 bits per heavy atom. The number of halogens is 3. The molecule has 0 amide bonds. The molecule has 0 aromatic carbocycles. The first-order chi connectivity index (χ1) is 8.89. The van der Waals surface area contributed by atoms with Gasteiger partial charge in [0, 0.05) is 6.20 Å². The SMILES string of the molecule is O=C(c1cnc(C(F)(F)F)s1)C(O)C1CCCCC1. The number of ketones is 1. The maximum Gasteiger partial charge on any atom is 0.443 e. The monoisotopic (exact) mass is 293 g/mol. The number of aliphatic hydroxyl groups is 1. The molecule has 0 saturated heterocycles. The molecular weight excluding hydrogens is 279 g/mol. The van der Waals surface area contributed by atoms with E-state index < -0.39 is 23.1 Å². The number of nitrogens with zero attached hydrogens (tertiary/aromatic N) is 1. The summed E-state index contributed by atoms with van der Waals surface area (Å²) in [7, 11) is 0. The lowest BCUT2D eigenvalue weighted by atomic mass is 9.83. The Bertz CT molecular complexity index is 452. The third kappa shape index (κ3) is 3.33. The maximum absolute atomic E-state index is 12.4. The number of thiazole rings is 1. The molecule has 1 unspecified atom stereocenters. The zero-order chi connectivity index (χ0) is 14.0. The topological polar surface area (TPSA) is 50.2 Å². The average Bonchev–Trinajstić information content (AvgIpc) is 2.87. The highest BCUT2D eigenvalue weighted by atomic mass is 32.1. The summed E-state index contributed by atoms with van der Waals surface area (Å²) in [6, 6.07) is 0. The van der Waals surface area contributed by atoms with Gasteiger partial charge in [-0.3, -0.25) is 4.79 Å². The second-order valence-corrected chi connectivity index (χ2v) is 5.77. The third-order valence-corrected chi connectivity index (χ3v) is 4.41. The van der Waals surface area contributed by atoms with Gasteiger partial charge in [-0.25, -0.2) is 4.98 Å². The Morgan fingerprint density at radius 1 is 1.37 bits per heavy atom. The molecule has 1 aliphatic rings. The molecule has 106 valence electrons. The van der Waals surface area contributed by atoms with Crippen LogP contribution >= 0.6 is 11.3 Å². The summed E-state index contributed by atoms with van der Waals surface area (Å²) in [5, 5.41) is 8.91. The van der Waals surface area contributed by atoms with Crippen LogP contribution < -0.4 is 0 Å². The van der Waals surface area contributed by atoms with Gasteiger partial charge in [-0.1, -0.05) is 19.3 Å². The second kappa shape index (κ2) is 5.58. The van der Waals surface area contributed by atoms with Crippen molar-refractivity contribution >= 4 is 17.1 Å². The minimum Gasteiger partial charge on any atom is -0.385 e. The largest absolute Gasteiger partial charge is 0.443 e. The molecule has 1 aromatic rings. The van der Waals surface area contributed by atoms with Crippen LogP contribution in [0.2, 0.25) is 0 Å². The highest BCUT2D eigenvalue weighted by Gasteiger charge is 2.36. The second-order valence-electron chi connectivity index (χ2n) is 4.73. The maximum atomic E-state index is 12.4. The van der Waals surface area contributed by atoms with E-state index in [2.05, 4.69) is 4.98 Å². The number of Topliss-reactive ketones (excluding diaryl/α,β-unsaturated/α-hetero) is 1. The summed E-state index contributed by atoms with van der Waals surface area (Å²) >= 11 is 0.295. The van der Waals surface area contributed by atoms with Gasteiger partial charge >= 0.3 is 6.18 Å². The molecule has 3 nitrogen and oxygen atoms in total. The normalized spacial score (nSPS) is 19.4. The van der Waals surface area contributed by atoms with Gasteiger partial charge < -0.3 is 5.11 Å². The zero-order valence-corrected chi connectivity index (χ0v) is 10.9. The standard InChI is InChI=1S/C12H14F3NO2S/c13-12(14,15)11-16-6-8(19-11)10(18)9(17)7-4-2-1-3-5-7/h6-7,9,17H,1-5H2. The zero-order valence-electron chi connectivity index (χ0n) is 10.1. The highest BCUT2D eigenvalue weighted by Crippen LogP contribution is 2.34. The van der Waals surface area contributed by atoms with Crippen LogP contribution in [0.3, 0.4) is 0 Å². The summed E-state index contributed by atoms with van der Waals surface area (Å²) in [4.78, 5) is 15.0. The third-order valence-electron chi connectivity index (χ3n) is 3.36. The number of hydrogen-bond acceptors (Lipinski definition) is 4. The van der Waals surface area contributed by atoms with Crippen molar-refractivity contribution in [3.63, 3.8) is 0 Å². The molecule has 7 heteroatoms. The summed E-state index contributed by atoms with van der Waals surface area (Å²) in [5.74, 6) is -0.780. The minimum absolute atomic E-state index is 0.120. The Morgan fingerprint density at radius 3 is 2.53 bits per heavy atom. The number of alkyl halides is 3. The van der Waals surface area contributed by atoms with Crippen molar-refractivity contribution in [3.05, 3.63) is 16.1 Å². The van der Waals surface area contributed by atoms with Gasteiger partial charge in [-0.05, 0) is 18.8 Å². The van der Waals surface area contributed by atoms with Crippen LogP contribution in [0.1, 0.15) is 46.8 Å². The number of hydrogen-bond donors (Lipinski definition) is 1. The summed E-state index contributed by atoms with van der Waals surface area (Å²) in [5.41, 5.74) is 0. The molecule has 0 aliphatic heterocycles. The van der Waals surface area contributed by atoms with E-state index in [-0.39, 0.29) is 10.8 Å². The van der Waals surface area contributed by atoms with Crippen LogP contribution in [0, 0.1) is 5.92 Å². The van der Waals surface area contributed by atoms with Crippen molar-refractivity contribution in [1.29, 1.82) is 0 Å². The molecule has 1 atom stereocenters. The molecule has 19 heavy (non-hydrogen) atoms. The van der Waals surface area contributed by atoms with Crippen LogP contribution in [-0.4, -0.2) is 22.0 Å². The molecule has 1 heterocycles. The van der Waals surface area contributed by atoms with Crippen molar-refractivity contribution < 1.29 is 23.1 Å². The van der Waals surface area contributed by atoms with Crippen LogP contribution in [0.5, 0.6) is 0 Å². The van der Waals surface area contributed by atoms with Crippen LogP contribution in [0.15, 0.2) is 6.20 Å². The van der Waals surface area contributed by atoms with Crippen molar-refractivity contribution in [2.24, 2.45) is 5.92 Å². The fraction of sp³-hybridized carbons (Fsp3) is 0.667. The van der Waals surface area contributed by atoms with E-state index in [9.17, 15) is 23.1 Å². The van der Waals surface area contributed by atoms with Gasteiger partial charge in [-0.15, -0.1) is 11.3 Å². The summed E-state index contributed by atoms with van der Waals surface area (Å²) < 4.78 is 37.2. The van der Waals surface area contributed by atoms with E-state index in [4.69, 9.17) is 0 Å². The quantitative estimate of drug-likeness (QED) is 0.870. The fourth-order valence-electron chi connectivity index (χ4n) is 2.33. The molecule has 0 spiro atoms. The van der Waals surface area contributed by atoms with E-state index in [0.29, 0.717) is 11.3 Å². The van der Waals surface area contributed by atoms with Crippen molar-refractivity contribution in [2.75, 3.05) is 0 Å². The van der Waals surface area contributed by atoms with E-state index in [1.165, 1.54) is 0 Å². The number of carbonyl (C=O) groups excluding carboxylic acids is 1.